The van der Waals surface area contributed by atoms with Crippen molar-refractivity contribution in [2.75, 3.05) is 19.0 Å². The molecule has 5 rings (SSSR count). The predicted molar refractivity (Wildman–Crippen MR) is 148 cm³/mol. The number of carbonyl (C=O) groups is 3. The molecular formula is C30H29ClFN3O5. The van der Waals surface area contributed by atoms with E-state index < -0.39 is 17.8 Å². The first-order chi connectivity index (χ1) is 19.3. The SMILES string of the molecule is CN1C(=O)c2cc(NC(=O)c3cccc(F)c3)ccc2OC[C@@H]2O[C@H](CC(=O)NCc3ccccc3Cl)CC[C@@H]21. The highest BCUT2D eigenvalue weighted by atomic mass is 35.5. The van der Waals surface area contributed by atoms with Gasteiger partial charge in [-0.05, 0) is 60.9 Å². The number of fused-ring (bicyclic) bond motifs is 2. The number of ether oxygens (including phenoxy) is 2. The van der Waals surface area contributed by atoms with Gasteiger partial charge in [0.05, 0.1) is 24.1 Å². The molecule has 1 fully saturated rings. The van der Waals surface area contributed by atoms with Crippen molar-refractivity contribution in [3.05, 3.63) is 94.3 Å². The second kappa shape index (κ2) is 12.1. The van der Waals surface area contributed by atoms with Gasteiger partial charge in [0.1, 0.15) is 24.3 Å². The zero-order chi connectivity index (χ0) is 28.2. The molecule has 3 aromatic rings. The first kappa shape index (κ1) is 27.6. The first-order valence-electron chi connectivity index (χ1n) is 13.0. The average molecular weight is 566 g/mol. The normalized spacial score (nSPS) is 20.3. The van der Waals surface area contributed by atoms with Gasteiger partial charge in [0.25, 0.3) is 11.8 Å². The fraction of sp³-hybridized carbons (Fsp3) is 0.300. The van der Waals surface area contributed by atoms with E-state index in [2.05, 4.69) is 10.6 Å². The van der Waals surface area contributed by atoms with Gasteiger partial charge in [-0.25, -0.2) is 4.39 Å². The van der Waals surface area contributed by atoms with Gasteiger partial charge >= 0.3 is 0 Å². The molecule has 2 aliphatic rings. The Morgan fingerprint density at radius 3 is 2.70 bits per heavy atom. The minimum atomic E-state index is -0.514. The number of nitrogens with one attached hydrogen (secondary N) is 2. The van der Waals surface area contributed by atoms with Crippen LogP contribution in [0, 0.1) is 5.82 Å². The fourth-order valence-corrected chi connectivity index (χ4v) is 5.26. The standard InChI is InChI=1S/C30H29ClFN3O5/c1-35-25-11-10-22(15-28(36)33-16-19-5-2-3-8-24(19)31)40-27(25)17-39-26-12-9-21(14-23(26)30(35)38)34-29(37)18-6-4-7-20(32)13-18/h2-9,12-14,22,25,27H,10-11,15-17H2,1H3,(H,33,36)(H,34,37)/t22-,25-,27-/m0/s1. The van der Waals surface area contributed by atoms with E-state index in [1.165, 1.54) is 18.2 Å². The molecule has 2 N–H and O–H groups in total. The summed E-state index contributed by atoms with van der Waals surface area (Å²) >= 11 is 6.17. The summed E-state index contributed by atoms with van der Waals surface area (Å²) in [6.45, 7) is 0.529. The fourth-order valence-electron chi connectivity index (χ4n) is 5.05. The molecule has 2 aliphatic heterocycles. The Morgan fingerprint density at radius 2 is 1.90 bits per heavy atom. The molecule has 40 heavy (non-hydrogen) atoms. The number of carbonyl (C=O) groups excluding carboxylic acids is 3. The van der Waals surface area contributed by atoms with Crippen LogP contribution in [0.15, 0.2) is 66.7 Å². The lowest BCUT2D eigenvalue weighted by Crippen LogP contribution is -2.53. The summed E-state index contributed by atoms with van der Waals surface area (Å²) in [5.74, 6) is -1.05. The van der Waals surface area contributed by atoms with Crippen LogP contribution in [0.3, 0.4) is 0 Å². The molecule has 3 aromatic carbocycles. The van der Waals surface area contributed by atoms with E-state index in [0.29, 0.717) is 41.4 Å². The van der Waals surface area contributed by atoms with Crippen molar-refractivity contribution < 1.29 is 28.2 Å². The number of amides is 3. The van der Waals surface area contributed by atoms with Crippen LogP contribution in [0.1, 0.15) is 45.5 Å². The molecular weight excluding hydrogens is 537 g/mol. The van der Waals surface area contributed by atoms with Crippen LogP contribution in [0.4, 0.5) is 10.1 Å². The molecule has 8 nitrogen and oxygen atoms in total. The lowest BCUT2D eigenvalue weighted by atomic mass is 9.94. The quantitative estimate of drug-likeness (QED) is 0.447. The smallest absolute Gasteiger partial charge is 0.257 e. The van der Waals surface area contributed by atoms with E-state index in [1.807, 2.05) is 18.2 Å². The second-order valence-electron chi connectivity index (χ2n) is 9.92. The number of anilines is 1. The predicted octanol–water partition coefficient (Wildman–Crippen LogP) is 4.82. The number of halogens is 2. The van der Waals surface area contributed by atoms with Crippen LogP contribution in [-0.4, -0.2) is 54.5 Å². The molecule has 3 atom stereocenters. The Hall–Kier alpha value is -3.95. The molecule has 10 heteroatoms. The first-order valence-corrected chi connectivity index (χ1v) is 13.4. The third kappa shape index (κ3) is 6.26. The van der Waals surface area contributed by atoms with E-state index in [0.717, 1.165) is 11.6 Å². The van der Waals surface area contributed by atoms with Gasteiger partial charge in [0.2, 0.25) is 5.91 Å². The van der Waals surface area contributed by atoms with Crippen molar-refractivity contribution in [2.45, 2.75) is 44.1 Å². The number of likely N-dealkylation sites (N-methyl/N-ethyl adjacent to an activating group) is 1. The number of hydrogen-bond donors (Lipinski definition) is 2. The van der Waals surface area contributed by atoms with Crippen molar-refractivity contribution in [3.8, 4) is 5.75 Å². The van der Waals surface area contributed by atoms with Crippen LogP contribution < -0.4 is 15.4 Å². The van der Waals surface area contributed by atoms with Crippen LogP contribution in [0.2, 0.25) is 5.02 Å². The summed E-state index contributed by atoms with van der Waals surface area (Å²) in [7, 11) is 1.72. The third-order valence-corrected chi connectivity index (χ3v) is 7.57. The Labute approximate surface area is 236 Å². The average Bonchev–Trinajstić information content (AvgIpc) is 2.95. The third-order valence-electron chi connectivity index (χ3n) is 7.20. The van der Waals surface area contributed by atoms with Crippen LogP contribution >= 0.6 is 11.6 Å². The van der Waals surface area contributed by atoms with Crippen molar-refractivity contribution in [2.24, 2.45) is 0 Å². The molecule has 0 bridgehead atoms. The van der Waals surface area contributed by atoms with Crippen LogP contribution in [0.5, 0.6) is 5.75 Å². The second-order valence-corrected chi connectivity index (χ2v) is 10.3. The Balaban J connectivity index is 1.22. The summed E-state index contributed by atoms with van der Waals surface area (Å²) in [6, 6.07) is 17.3. The van der Waals surface area contributed by atoms with E-state index >= 15 is 0 Å². The zero-order valence-corrected chi connectivity index (χ0v) is 22.6. The Kier molecular flexibility index (Phi) is 8.32. The van der Waals surface area contributed by atoms with Crippen molar-refractivity contribution >= 4 is 35.0 Å². The molecule has 0 spiro atoms. The van der Waals surface area contributed by atoms with Crippen LogP contribution in [-0.2, 0) is 16.1 Å². The summed E-state index contributed by atoms with van der Waals surface area (Å²) in [4.78, 5) is 40.3. The lowest BCUT2D eigenvalue weighted by Gasteiger charge is -2.42. The highest BCUT2D eigenvalue weighted by Gasteiger charge is 2.39. The molecule has 0 saturated carbocycles. The van der Waals surface area contributed by atoms with Gasteiger partial charge < -0.3 is 25.0 Å². The molecule has 1 saturated heterocycles. The van der Waals surface area contributed by atoms with Gasteiger partial charge in [-0.3, -0.25) is 14.4 Å². The van der Waals surface area contributed by atoms with E-state index in [4.69, 9.17) is 21.1 Å². The largest absolute Gasteiger partial charge is 0.490 e. The Bertz CT molecular complexity index is 1430. The minimum Gasteiger partial charge on any atom is -0.490 e. The minimum absolute atomic E-state index is 0.141. The summed E-state index contributed by atoms with van der Waals surface area (Å²) in [6.07, 6.45) is 0.721. The van der Waals surface area contributed by atoms with Crippen molar-refractivity contribution in [3.63, 3.8) is 0 Å². The molecule has 0 unspecified atom stereocenters. The van der Waals surface area contributed by atoms with Gasteiger partial charge in [-0.1, -0.05) is 35.9 Å². The van der Waals surface area contributed by atoms with E-state index in [-0.39, 0.29) is 42.6 Å². The summed E-state index contributed by atoms with van der Waals surface area (Å²) in [5, 5.41) is 6.20. The monoisotopic (exact) mass is 565 g/mol. The highest BCUT2D eigenvalue weighted by Crippen LogP contribution is 2.32. The Morgan fingerprint density at radius 1 is 1.07 bits per heavy atom. The topological polar surface area (TPSA) is 97.0 Å². The summed E-state index contributed by atoms with van der Waals surface area (Å²) < 4.78 is 25.8. The molecule has 0 aliphatic carbocycles. The van der Waals surface area contributed by atoms with Crippen LogP contribution in [0.25, 0.3) is 0 Å². The highest BCUT2D eigenvalue weighted by molar-refractivity contribution is 6.31. The number of rotatable bonds is 6. The molecule has 0 radical (unpaired) electrons. The van der Waals surface area contributed by atoms with Gasteiger partial charge in [0.15, 0.2) is 0 Å². The van der Waals surface area contributed by atoms with Gasteiger partial charge in [-0.15, -0.1) is 0 Å². The molecule has 208 valence electrons. The van der Waals surface area contributed by atoms with Crippen molar-refractivity contribution in [1.29, 1.82) is 0 Å². The number of hydrogen-bond acceptors (Lipinski definition) is 5. The van der Waals surface area contributed by atoms with Gasteiger partial charge in [-0.2, -0.15) is 0 Å². The maximum atomic E-state index is 13.5. The van der Waals surface area contributed by atoms with E-state index in [1.54, 1.807) is 36.2 Å². The van der Waals surface area contributed by atoms with Crippen molar-refractivity contribution in [1.82, 2.24) is 10.2 Å². The molecule has 0 aromatic heterocycles. The maximum Gasteiger partial charge on any atom is 0.257 e. The summed E-state index contributed by atoms with van der Waals surface area (Å²) in [5.41, 5.74) is 1.70. The van der Waals surface area contributed by atoms with E-state index in [9.17, 15) is 18.8 Å². The maximum absolute atomic E-state index is 13.5. The number of nitrogens with zero attached hydrogens (tertiary/aromatic N) is 1. The zero-order valence-electron chi connectivity index (χ0n) is 21.9. The number of benzene rings is 3. The molecule has 2 heterocycles. The van der Waals surface area contributed by atoms with Gasteiger partial charge in [0, 0.05) is 29.9 Å². The molecule has 3 amide bonds. The lowest BCUT2D eigenvalue weighted by molar-refractivity contribution is -0.134.